The number of rotatable bonds is 4. The first-order valence-corrected chi connectivity index (χ1v) is 9.35. The highest BCUT2D eigenvalue weighted by Crippen LogP contribution is 2.21. The minimum Gasteiger partial charge on any atom is -0.452 e. The first kappa shape index (κ1) is 21.0. The van der Waals surface area contributed by atoms with Crippen LogP contribution in [0.1, 0.15) is 53.4 Å². The fraction of sp³-hybridized carbons (Fsp3) is 0.778. The van der Waals surface area contributed by atoms with Gasteiger partial charge in [-0.2, -0.15) is 0 Å². The lowest BCUT2D eigenvalue weighted by molar-refractivity contribution is -0.159. The molecule has 0 aromatic heterocycles. The van der Waals surface area contributed by atoms with Gasteiger partial charge in [-0.1, -0.05) is 0 Å². The zero-order valence-corrected chi connectivity index (χ0v) is 16.4. The quantitative estimate of drug-likeness (QED) is 0.712. The molecule has 1 aliphatic heterocycles. The minimum atomic E-state index is -1.06. The Balaban J connectivity index is 1.72. The van der Waals surface area contributed by atoms with Crippen LogP contribution in [-0.4, -0.2) is 59.7 Å². The summed E-state index contributed by atoms with van der Waals surface area (Å²) in [5.41, 5.74) is -0.568. The summed E-state index contributed by atoms with van der Waals surface area (Å²) in [6.45, 7) is 7.59. The summed E-state index contributed by atoms with van der Waals surface area (Å²) in [5, 5.41) is 4.79. The number of urea groups is 1. The van der Waals surface area contributed by atoms with E-state index >= 15 is 0 Å². The molecule has 1 saturated carbocycles. The lowest BCUT2D eigenvalue weighted by atomic mass is 9.97. The number of imide groups is 1. The largest absolute Gasteiger partial charge is 0.452 e. The Morgan fingerprint density at radius 2 is 1.63 bits per heavy atom. The molecule has 9 heteroatoms. The molecule has 0 bridgehead atoms. The van der Waals surface area contributed by atoms with Crippen LogP contribution in [0.3, 0.4) is 0 Å². The van der Waals surface area contributed by atoms with Crippen molar-refractivity contribution in [2.45, 2.75) is 71.1 Å². The molecule has 2 N–H and O–H groups in total. The van der Waals surface area contributed by atoms with E-state index < -0.39 is 35.7 Å². The van der Waals surface area contributed by atoms with E-state index in [1.165, 1.54) is 6.92 Å². The van der Waals surface area contributed by atoms with E-state index in [2.05, 4.69) is 10.6 Å². The summed E-state index contributed by atoms with van der Waals surface area (Å²) < 4.78 is 10.5. The summed E-state index contributed by atoms with van der Waals surface area (Å²) in [4.78, 5) is 49.3. The third kappa shape index (κ3) is 7.07. The summed E-state index contributed by atoms with van der Waals surface area (Å²) in [5.74, 6) is -1.55. The number of amides is 4. The number of ether oxygens (including phenoxy) is 2. The number of hydrogen-bond donors (Lipinski definition) is 2. The van der Waals surface area contributed by atoms with Crippen LogP contribution in [0.2, 0.25) is 0 Å². The average molecular weight is 383 g/mol. The number of likely N-dealkylation sites (tertiary alicyclic amines) is 1. The van der Waals surface area contributed by atoms with E-state index in [4.69, 9.17) is 9.47 Å². The SMILES string of the molecule is CC(OC(=O)C1CCN(C(=O)OC(C)(C)C)CC1)C(=O)NC(=O)NC1CC1. The number of piperidine rings is 1. The predicted molar refractivity (Wildman–Crippen MR) is 95.8 cm³/mol. The zero-order chi connectivity index (χ0) is 20.2. The monoisotopic (exact) mass is 383 g/mol. The van der Waals surface area contributed by atoms with Crippen LogP contribution in [0, 0.1) is 5.92 Å². The van der Waals surface area contributed by atoms with Crippen molar-refractivity contribution in [2.75, 3.05) is 13.1 Å². The standard InChI is InChI=1S/C18H29N3O6/c1-11(14(22)20-16(24)19-13-5-6-13)26-15(23)12-7-9-21(10-8-12)17(25)27-18(2,3)4/h11-13H,5-10H2,1-4H3,(H2,19,20,22,24). The molecule has 9 nitrogen and oxygen atoms in total. The highest BCUT2D eigenvalue weighted by Gasteiger charge is 2.32. The van der Waals surface area contributed by atoms with Gasteiger partial charge in [-0.15, -0.1) is 0 Å². The minimum absolute atomic E-state index is 0.130. The maximum absolute atomic E-state index is 12.3. The fourth-order valence-electron chi connectivity index (χ4n) is 2.61. The second kappa shape index (κ2) is 8.58. The first-order chi connectivity index (χ1) is 12.5. The Bertz CT molecular complexity index is 588. The number of carbonyl (C=O) groups excluding carboxylic acids is 4. The smallest absolute Gasteiger partial charge is 0.410 e. The van der Waals surface area contributed by atoms with Gasteiger partial charge < -0.3 is 19.7 Å². The summed E-state index contributed by atoms with van der Waals surface area (Å²) in [7, 11) is 0. The van der Waals surface area contributed by atoms with Crippen LogP contribution in [0.25, 0.3) is 0 Å². The van der Waals surface area contributed by atoms with Gasteiger partial charge in [-0.25, -0.2) is 9.59 Å². The number of carbonyl (C=O) groups is 4. The van der Waals surface area contributed by atoms with Crippen molar-refractivity contribution in [2.24, 2.45) is 5.92 Å². The van der Waals surface area contributed by atoms with Gasteiger partial charge in [0.2, 0.25) is 0 Å². The topological polar surface area (TPSA) is 114 Å². The molecule has 0 radical (unpaired) electrons. The average Bonchev–Trinajstić information content (AvgIpc) is 3.37. The van der Waals surface area contributed by atoms with Crippen molar-refractivity contribution in [3.05, 3.63) is 0 Å². The molecule has 2 aliphatic rings. The molecule has 1 heterocycles. The van der Waals surface area contributed by atoms with Gasteiger partial charge in [0.1, 0.15) is 5.60 Å². The van der Waals surface area contributed by atoms with Gasteiger partial charge in [0.25, 0.3) is 5.91 Å². The van der Waals surface area contributed by atoms with E-state index in [9.17, 15) is 19.2 Å². The maximum atomic E-state index is 12.3. The number of esters is 1. The van der Waals surface area contributed by atoms with Gasteiger partial charge in [0, 0.05) is 19.1 Å². The zero-order valence-electron chi connectivity index (χ0n) is 16.4. The molecule has 152 valence electrons. The van der Waals surface area contributed by atoms with Crippen molar-refractivity contribution < 1.29 is 28.7 Å². The Labute approximate surface area is 159 Å². The van der Waals surface area contributed by atoms with Gasteiger partial charge in [0.15, 0.2) is 6.10 Å². The van der Waals surface area contributed by atoms with Crippen LogP contribution >= 0.6 is 0 Å². The van der Waals surface area contributed by atoms with Gasteiger partial charge in [0.05, 0.1) is 5.92 Å². The predicted octanol–water partition coefficient (Wildman–Crippen LogP) is 1.55. The molecule has 27 heavy (non-hydrogen) atoms. The van der Waals surface area contributed by atoms with Crippen LogP contribution in [0.5, 0.6) is 0 Å². The summed E-state index contributed by atoms with van der Waals surface area (Å²) in [6.07, 6.45) is 1.24. The van der Waals surface area contributed by atoms with E-state index in [-0.39, 0.29) is 12.0 Å². The third-order valence-electron chi connectivity index (χ3n) is 4.29. The highest BCUT2D eigenvalue weighted by atomic mass is 16.6. The van der Waals surface area contributed by atoms with E-state index in [0.29, 0.717) is 25.9 Å². The van der Waals surface area contributed by atoms with Crippen LogP contribution in [0.15, 0.2) is 0 Å². The van der Waals surface area contributed by atoms with Crippen molar-refractivity contribution in [1.29, 1.82) is 0 Å². The number of hydrogen-bond acceptors (Lipinski definition) is 6. The van der Waals surface area contributed by atoms with Crippen molar-refractivity contribution in [1.82, 2.24) is 15.5 Å². The lowest BCUT2D eigenvalue weighted by Crippen LogP contribution is -2.46. The van der Waals surface area contributed by atoms with Crippen molar-refractivity contribution in [3.8, 4) is 0 Å². The second-order valence-electron chi connectivity index (χ2n) is 8.06. The first-order valence-electron chi connectivity index (χ1n) is 9.35. The van der Waals surface area contributed by atoms with Crippen LogP contribution < -0.4 is 10.6 Å². The molecule has 0 spiro atoms. The number of nitrogens with zero attached hydrogens (tertiary/aromatic N) is 1. The van der Waals surface area contributed by atoms with Gasteiger partial charge in [-0.05, 0) is 53.4 Å². The molecule has 0 aromatic rings. The molecule has 2 rings (SSSR count). The Morgan fingerprint density at radius 3 is 2.15 bits per heavy atom. The van der Waals surface area contributed by atoms with Crippen molar-refractivity contribution in [3.63, 3.8) is 0 Å². The molecule has 4 amide bonds. The molecular weight excluding hydrogens is 354 g/mol. The highest BCUT2D eigenvalue weighted by molar-refractivity contribution is 5.97. The number of nitrogens with one attached hydrogen (secondary N) is 2. The van der Waals surface area contributed by atoms with E-state index in [1.54, 1.807) is 25.7 Å². The molecule has 2 fully saturated rings. The normalized spacial score (nSPS) is 19.0. The fourth-order valence-corrected chi connectivity index (χ4v) is 2.61. The van der Waals surface area contributed by atoms with Crippen LogP contribution in [-0.2, 0) is 19.1 Å². The Kier molecular flexibility index (Phi) is 6.67. The van der Waals surface area contributed by atoms with Gasteiger partial charge >= 0.3 is 18.1 Å². The summed E-state index contributed by atoms with van der Waals surface area (Å²) in [6, 6.07) is -0.443. The molecular formula is C18H29N3O6. The molecule has 1 aliphatic carbocycles. The molecule has 0 aromatic carbocycles. The maximum Gasteiger partial charge on any atom is 0.410 e. The molecule has 1 unspecified atom stereocenters. The lowest BCUT2D eigenvalue weighted by Gasteiger charge is -2.32. The summed E-state index contributed by atoms with van der Waals surface area (Å²) >= 11 is 0. The van der Waals surface area contributed by atoms with Crippen LogP contribution in [0.4, 0.5) is 9.59 Å². The third-order valence-corrected chi connectivity index (χ3v) is 4.29. The second-order valence-corrected chi connectivity index (χ2v) is 8.06. The van der Waals surface area contributed by atoms with E-state index in [0.717, 1.165) is 12.8 Å². The molecule has 1 saturated heterocycles. The molecule has 1 atom stereocenters. The Hall–Kier alpha value is -2.32. The van der Waals surface area contributed by atoms with E-state index in [1.807, 2.05) is 0 Å². The van der Waals surface area contributed by atoms with Crippen molar-refractivity contribution >= 4 is 24.0 Å². The van der Waals surface area contributed by atoms with Gasteiger partial charge in [-0.3, -0.25) is 14.9 Å². The Morgan fingerprint density at radius 1 is 1.04 bits per heavy atom.